The molecule has 0 amide bonds. The summed E-state index contributed by atoms with van der Waals surface area (Å²) in [6.07, 6.45) is 6.16. The third-order valence-corrected chi connectivity index (χ3v) is 5.00. The highest BCUT2D eigenvalue weighted by molar-refractivity contribution is 5.38. The highest BCUT2D eigenvalue weighted by Crippen LogP contribution is 2.22. The van der Waals surface area contributed by atoms with Crippen LogP contribution in [0.3, 0.4) is 0 Å². The summed E-state index contributed by atoms with van der Waals surface area (Å²) in [6.45, 7) is 3.78. The summed E-state index contributed by atoms with van der Waals surface area (Å²) in [7, 11) is 3.10. The molecule has 1 N–H and O–H groups in total. The van der Waals surface area contributed by atoms with Gasteiger partial charge in [0.25, 0.3) is 5.56 Å². The average Bonchev–Trinajstić information content (AvgIpc) is 2.71. The standard InChI is InChI=1S/C22H25F2N3O3/c1-13-8-17(30-4)5-6-19(13)25-22-26-21(28)16(12-29-3)11-27(22)10-15-7-14(2)20(24)18(23)9-15/h5,7-9,11,19H,6,10,12H2,1-4H3,(H,25,26,28). The summed E-state index contributed by atoms with van der Waals surface area (Å²) < 4.78 is 39.6. The number of rotatable bonds is 7. The second kappa shape index (κ2) is 9.21. The van der Waals surface area contributed by atoms with E-state index >= 15 is 0 Å². The Morgan fingerprint density at radius 1 is 1.27 bits per heavy atom. The molecule has 0 radical (unpaired) electrons. The van der Waals surface area contributed by atoms with E-state index in [9.17, 15) is 13.6 Å². The number of aryl methyl sites for hydroxylation is 1. The molecule has 0 saturated heterocycles. The lowest BCUT2D eigenvalue weighted by Crippen LogP contribution is -2.29. The Kier molecular flexibility index (Phi) is 6.66. The summed E-state index contributed by atoms with van der Waals surface area (Å²) in [5.41, 5.74) is 1.77. The Balaban J connectivity index is 1.96. The van der Waals surface area contributed by atoms with E-state index in [1.165, 1.54) is 14.0 Å². The first kappa shape index (κ1) is 21.7. The smallest absolute Gasteiger partial charge is 0.279 e. The third kappa shape index (κ3) is 4.76. The van der Waals surface area contributed by atoms with Gasteiger partial charge in [-0.05, 0) is 55.2 Å². The van der Waals surface area contributed by atoms with Gasteiger partial charge in [0.2, 0.25) is 5.95 Å². The van der Waals surface area contributed by atoms with E-state index in [0.717, 1.165) is 17.4 Å². The van der Waals surface area contributed by atoms with Crippen molar-refractivity contribution < 1.29 is 18.3 Å². The van der Waals surface area contributed by atoms with Crippen molar-refractivity contribution in [3.8, 4) is 0 Å². The van der Waals surface area contributed by atoms with Crippen LogP contribution < -0.4 is 10.9 Å². The molecule has 1 aliphatic rings. The van der Waals surface area contributed by atoms with Gasteiger partial charge in [0, 0.05) is 13.3 Å². The second-order valence-corrected chi connectivity index (χ2v) is 7.30. The topological polar surface area (TPSA) is 65.4 Å². The number of aromatic nitrogens is 2. The maximum atomic E-state index is 13.9. The molecule has 1 atom stereocenters. The van der Waals surface area contributed by atoms with Crippen LogP contribution in [0.4, 0.5) is 14.7 Å². The molecule has 0 fully saturated rings. The van der Waals surface area contributed by atoms with Gasteiger partial charge in [0.15, 0.2) is 11.6 Å². The Labute approximate surface area is 173 Å². The SMILES string of the molecule is COCc1cn(Cc2cc(C)c(F)c(F)c2)c(NC2CC=C(OC)C=C2C)nc1=O. The molecule has 0 aliphatic heterocycles. The van der Waals surface area contributed by atoms with Crippen molar-refractivity contribution in [2.75, 3.05) is 19.5 Å². The molecule has 1 heterocycles. The Bertz CT molecular complexity index is 1040. The van der Waals surface area contributed by atoms with Crippen LogP contribution in [0.25, 0.3) is 0 Å². The van der Waals surface area contributed by atoms with Crippen LogP contribution in [0.15, 0.2) is 46.6 Å². The molecule has 2 aromatic rings. The number of halogens is 2. The lowest BCUT2D eigenvalue weighted by molar-refractivity contribution is 0.183. The van der Waals surface area contributed by atoms with E-state index in [1.54, 1.807) is 23.9 Å². The van der Waals surface area contributed by atoms with Crippen molar-refractivity contribution in [2.24, 2.45) is 0 Å². The fraction of sp³-hybridized carbons (Fsp3) is 0.364. The van der Waals surface area contributed by atoms with Gasteiger partial charge in [-0.1, -0.05) is 6.07 Å². The number of allylic oxidation sites excluding steroid dienone is 1. The molecule has 0 bridgehead atoms. The minimum atomic E-state index is -0.908. The molecular formula is C22H25F2N3O3. The van der Waals surface area contributed by atoms with E-state index in [4.69, 9.17) is 9.47 Å². The highest BCUT2D eigenvalue weighted by atomic mass is 19.2. The van der Waals surface area contributed by atoms with Crippen molar-refractivity contribution in [2.45, 2.75) is 39.5 Å². The zero-order valence-electron chi connectivity index (χ0n) is 17.5. The summed E-state index contributed by atoms with van der Waals surface area (Å²) in [5.74, 6) is -0.648. The fourth-order valence-electron chi connectivity index (χ4n) is 3.39. The predicted octanol–water partition coefficient (Wildman–Crippen LogP) is 3.69. The fourth-order valence-corrected chi connectivity index (χ4v) is 3.39. The van der Waals surface area contributed by atoms with Gasteiger partial charge in [-0.2, -0.15) is 4.98 Å². The zero-order valence-corrected chi connectivity index (χ0v) is 17.5. The predicted molar refractivity (Wildman–Crippen MR) is 110 cm³/mol. The van der Waals surface area contributed by atoms with Crippen LogP contribution >= 0.6 is 0 Å². The van der Waals surface area contributed by atoms with Gasteiger partial charge in [-0.3, -0.25) is 4.79 Å². The van der Waals surface area contributed by atoms with Gasteiger partial charge in [0.05, 0.1) is 31.9 Å². The molecule has 1 aromatic heterocycles. The van der Waals surface area contributed by atoms with Crippen LogP contribution in [0, 0.1) is 18.6 Å². The number of anilines is 1. The molecule has 1 aromatic carbocycles. The van der Waals surface area contributed by atoms with E-state index < -0.39 is 17.2 Å². The number of benzene rings is 1. The van der Waals surface area contributed by atoms with E-state index in [-0.39, 0.29) is 24.8 Å². The number of nitrogens with zero attached hydrogens (tertiary/aromatic N) is 2. The van der Waals surface area contributed by atoms with Gasteiger partial charge in [-0.15, -0.1) is 0 Å². The monoisotopic (exact) mass is 417 g/mol. The molecule has 1 aliphatic carbocycles. The van der Waals surface area contributed by atoms with Crippen LogP contribution in [0.2, 0.25) is 0 Å². The van der Waals surface area contributed by atoms with Crippen molar-refractivity contribution in [3.63, 3.8) is 0 Å². The summed E-state index contributed by atoms with van der Waals surface area (Å²) in [4.78, 5) is 16.6. The van der Waals surface area contributed by atoms with Crippen LogP contribution in [0.1, 0.15) is 30.0 Å². The summed E-state index contributed by atoms with van der Waals surface area (Å²) in [6, 6.07) is 2.65. The number of methoxy groups -OCH3 is 2. The van der Waals surface area contributed by atoms with Crippen LogP contribution in [-0.4, -0.2) is 29.8 Å². The largest absolute Gasteiger partial charge is 0.497 e. The molecule has 0 spiro atoms. The highest BCUT2D eigenvalue weighted by Gasteiger charge is 2.19. The normalized spacial score (nSPS) is 16.1. The molecule has 3 rings (SSSR count). The van der Waals surface area contributed by atoms with Gasteiger partial charge in [0.1, 0.15) is 5.76 Å². The molecule has 8 heteroatoms. The summed E-state index contributed by atoms with van der Waals surface area (Å²) >= 11 is 0. The first-order chi connectivity index (χ1) is 14.3. The van der Waals surface area contributed by atoms with Crippen LogP contribution in [0.5, 0.6) is 0 Å². The van der Waals surface area contributed by atoms with Gasteiger partial charge >= 0.3 is 0 Å². The minimum Gasteiger partial charge on any atom is -0.497 e. The number of hydrogen-bond donors (Lipinski definition) is 1. The first-order valence-corrected chi connectivity index (χ1v) is 9.55. The number of nitrogens with one attached hydrogen (secondary N) is 1. The second-order valence-electron chi connectivity index (χ2n) is 7.30. The quantitative estimate of drug-likeness (QED) is 0.745. The third-order valence-electron chi connectivity index (χ3n) is 5.00. The summed E-state index contributed by atoms with van der Waals surface area (Å²) in [5, 5.41) is 3.29. The van der Waals surface area contributed by atoms with E-state index in [1.807, 2.05) is 19.1 Å². The maximum absolute atomic E-state index is 13.9. The Hall–Kier alpha value is -3.00. The van der Waals surface area contributed by atoms with Crippen molar-refractivity contribution in [3.05, 3.63) is 80.5 Å². The molecule has 30 heavy (non-hydrogen) atoms. The molecule has 0 saturated carbocycles. The zero-order chi connectivity index (χ0) is 21.8. The van der Waals surface area contributed by atoms with Crippen LogP contribution in [-0.2, 0) is 22.6 Å². The van der Waals surface area contributed by atoms with Gasteiger partial charge in [-0.25, -0.2) is 8.78 Å². The minimum absolute atomic E-state index is 0.0815. The number of ether oxygens (including phenoxy) is 2. The average molecular weight is 417 g/mol. The van der Waals surface area contributed by atoms with Crippen molar-refractivity contribution >= 4 is 5.95 Å². The van der Waals surface area contributed by atoms with E-state index in [0.29, 0.717) is 23.5 Å². The Morgan fingerprint density at radius 2 is 2.03 bits per heavy atom. The number of hydrogen-bond acceptors (Lipinski definition) is 5. The molecule has 1 unspecified atom stereocenters. The first-order valence-electron chi connectivity index (χ1n) is 9.55. The molecule has 160 valence electrons. The molecule has 6 nitrogen and oxygen atoms in total. The lowest BCUT2D eigenvalue weighted by atomic mass is 9.99. The lowest BCUT2D eigenvalue weighted by Gasteiger charge is -2.25. The Morgan fingerprint density at radius 3 is 2.67 bits per heavy atom. The molecular weight excluding hydrogens is 392 g/mol. The van der Waals surface area contributed by atoms with Crippen molar-refractivity contribution in [1.82, 2.24) is 9.55 Å². The van der Waals surface area contributed by atoms with E-state index in [2.05, 4.69) is 10.3 Å². The van der Waals surface area contributed by atoms with Gasteiger partial charge < -0.3 is 19.4 Å². The van der Waals surface area contributed by atoms with Crippen molar-refractivity contribution in [1.29, 1.82) is 0 Å². The maximum Gasteiger partial charge on any atom is 0.279 e.